The zero-order valence-corrected chi connectivity index (χ0v) is 13.1. The van der Waals surface area contributed by atoms with Gasteiger partial charge >= 0.3 is 0 Å². The normalized spacial score (nSPS) is 10.5. The van der Waals surface area contributed by atoms with Gasteiger partial charge in [-0.15, -0.1) is 11.8 Å². The van der Waals surface area contributed by atoms with Crippen molar-refractivity contribution in [1.29, 1.82) is 0 Å². The number of aromatic amines is 1. The first-order chi connectivity index (χ1) is 9.06. The Hall–Kier alpha value is -1.27. The van der Waals surface area contributed by atoms with Crippen LogP contribution in [0.5, 0.6) is 0 Å². The maximum absolute atomic E-state index is 11.9. The van der Waals surface area contributed by atoms with Crippen molar-refractivity contribution in [3.63, 3.8) is 0 Å². The van der Waals surface area contributed by atoms with Crippen LogP contribution in [0.25, 0.3) is 0 Å². The molecule has 2 rings (SSSR count). The number of aromatic nitrogens is 2. The molecule has 0 unspecified atom stereocenters. The lowest BCUT2D eigenvalue weighted by atomic mass is 10.3. The molecule has 0 saturated carbocycles. The van der Waals surface area contributed by atoms with Gasteiger partial charge in [-0.25, -0.2) is 0 Å². The van der Waals surface area contributed by atoms with Crippen molar-refractivity contribution < 1.29 is 4.79 Å². The molecule has 4 nitrogen and oxygen atoms in total. The highest BCUT2D eigenvalue weighted by atomic mass is 79.9. The lowest BCUT2D eigenvalue weighted by molar-refractivity contribution is -0.113. The maximum atomic E-state index is 11.9. The van der Waals surface area contributed by atoms with E-state index in [1.165, 1.54) is 11.8 Å². The molecule has 19 heavy (non-hydrogen) atoms. The summed E-state index contributed by atoms with van der Waals surface area (Å²) in [5, 5.41) is 9.77. The minimum Gasteiger partial charge on any atom is -0.322 e. The number of halogens is 1. The van der Waals surface area contributed by atoms with Crippen LogP contribution >= 0.6 is 27.7 Å². The summed E-state index contributed by atoms with van der Waals surface area (Å²) in [6, 6.07) is 7.89. The predicted molar refractivity (Wildman–Crippen MR) is 81.6 cm³/mol. The topological polar surface area (TPSA) is 57.8 Å². The predicted octanol–water partition coefficient (Wildman–Crippen LogP) is 3.52. The Morgan fingerprint density at radius 3 is 2.89 bits per heavy atom. The second-order valence-corrected chi connectivity index (χ2v) is 6.07. The Labute approximate surface area is 124 Å². The number of nitrogens with zero attached hydrogens (tertiary/aromatic N) is 1. The molecule has 1 heterocycles. The van der Waals surface area contributed by atoms with Gasteiger partial charge in [0, 0.05) is 9.37 Å². The van der Waals surface area contributed by atoms with Crippen LogP contribution in [-0.4, -0.2) is 21.9 Å². The molecule has 1 aromatic heterocycles. The molecular formula is C13H14BrN3OS. The van der Waals surface area contributed by atoms with Gasteiger partial charge in [0.15, 0.2) is 0 Å². The van der Waals surface area contributed by atoms with E-state index in [0.717, 1.165) is 26.4 Å². The maximum Gasteiger partial charge on any atom is 0.234 e. The molecule has 100 valence electrons. The Balaban J connectivity index is 1.92. The number of amides is 1. The molecular weight excluding hydrogens is 326 g/mol. The van der Waals surface area contributed by atoms with Crippen LogP contribution in [0, 0.1) is 13.8 Å². The van der Waals surface area contributed by atoms with E-state index in [4.69, 9.17) is 0 Å². The molecule has 0 aliphatic carbocycles. The van der Waals surface area contributed by atoms with Crippen LogP contribution in [0.15, 0.2) is 33.6 Å². The third kappa shape index (κ3) is 3.84. The van der Waals surface area contributed by atoms with Crippen LogP contribution in [0.1, 0.15) is 11.4 Å². The Kier molecular flexibility index (Phi) is 4.66. The number of nitrogens with one attached hydrogen (secondary N) is 2. The van der Waals surface area contributed by atoms with Gasteiger partial charge in [0.05, 0.1) is 22.8 Å². The van der Waals surface area contributed by atoms with E-state index in [2.05, 4.69) is 31.4 Å². The summed E-state index contributed by atoms with van der Waals surface area (Å²) in [7, 11) is 0. The van der Waals surface area contributed by atoms with Crippen molar-refractivity contribution in [2.24, 2.45) is 0 Å². The summed E-state index contributed by atoms with van der Waals surface area (Å²) in [5.41, 5.74) is 2.46. The molecule has 6 heteroatoms. The molecule has 0 fully saturated rings. The van der Waals surface area contributed by atoms with Gasteiger partial charge in [-0.05, 0) is 32.0 Å². The fourth-order valence-electron chi connectivity index (χ4n) is 1.62. The van der Waals surface area contributed by atoms with Crippen LogP contribution < -0.4 is 5.32 Å². The first-order valence-electron chi connectivity index (χ1n) is 5.76. The summed E-state index contributed by atoms with van der Waals surface area (Å²) in [6.07, 6.45) is 0. The third-order valence-corrected chi connectivity index (χ3v) is 4.05. The van der Waals surface area contributed by atoms with E-state index in [-0.39, 0.29) is 5.91 Å². The average molecular weight is 340 g/mol. The van der Waals surface area contributed by atoms with Gasteiger partial charge < -0.3 is 5.32 Å². The number of hydrogen-bond donors (Lipinski definition) is 2. The van der Waals surface area contributed by atoms with Crippen molar-refractivity contribution >= 4 is 39.3 Å². The molecule has 1 amide bonds. The van der Waals surface area contributed by atoms with Crippen molar-refractivity contribution in [3.8, 4) is 0 Å². The van der Waals surface area contributed by atoms with E-state index in [0.29, 0.717) is 5.75 Å². The number of carbonyl (C=O) groups is 1. The number of hydrogen-bond acceptors (Lipinski definition) is 3. The van der Waals surface area contributed by atoms with Gasteiger partial charge in [0.1, 0.15) is 0 Å². The molecule has 0 radical (unpaired) electrons. The minimum atomic E-state index is -0.0300. The lowest BCUT2D eigenvalue weighted by Crippen LogP contribution is -2.14. The zero-order chi connectivity index (χ0) is 13.8. The second kappa shape index (κ2) is 6.25. The molecule has 2 aromatic rings. The van der Waals surface area contributed by atoms with Gasteiger partial charge in [-0.2, -0.15) is 5.10 Å². The Morgan fingerprint density at radius 1 is 1.47 bits per heavy atom. The highest BCUT2D eigenvalue weighted by molar-refractivity contribution is 9.10. The molecule has 0 saturated heterocycles. The molecule has 0 aliphatic heterocycles. The van der Waals surface area contributed by atoms with Crippen molar-refractivity contribution in [2.45, 2.75) is 18.7 Å². The summed E-state index contributed by atoms with van der Waals surface area (Å²) in [5.74, 6) is 0.345. The fourth-order valence-corrected chi connectivity index (χ4v) is 2.92. The van der Waals surface area contributed by atoms with Crippen molar-refractivity contribution in [2.75, 3.05) is 11.1 Å². The molecule has 0 spiro atoms. The highest BCUT2D eigenvalue weighted by Crippen LogP contribution is 2.22. The number of rotatable bonds is 4. The fraction of sp³-hybridized carbons (Fsp3) is 0.231. The zero-order valence-electron chi connectivity index (χ0n) is 10.7. The highest BCUT2D eigenvalue weighted by Gasteiger charge is 2.10. The quantitative estimate of drug-likeness (QED) is 0.838. The van der Waals surface area contributed by atoms with E-state index < -0.39 is 0 Å². The molecule has 0 bridgehead atoms. The first kappa shape index (κ1) is 14.1. The van der Waals surface area contributed by atoms with Gasteiger partial charge in [-0.1, -0.05) is 22.0 Å². The molecule has 1 aromatic carbocycles. The second-order valence-electron chi connectivity index (χ2n) is 4.10. The van der Waals surface area contributed by atoms with Gasteiger partial charge in [-0.3, -0.25) is 9.89 Å². The summed E-state index contributed by atoms with van der Waals surface area (Å²) in [4.78, 5) is 12.9. The minimum absolute atomic E-state index is 0.0300. The standard InChI is InChI=1S/C13H14BrN3OS/c1-8-13(9(2)17-16-8)15-12(18)7-19-11-5-3-4-10(14)6-11/h3-6H,7H2,1-2H3,(H,15,18)(H,16,17). The van der Waals surface area contributed by atoms with Crippen molar-refractivity contribution in [1.82, 2.24) is 10.2 Å². The number of H-pyrrole nitrogens is 1. The summed E-state index contributed by atoms with van der Waals surface area (Å²) in [6.45, 7) is 3.75. The van der Waals surface area contributed by atoms with E-state index in [1.54, 1.807) is 0 Å². The van der Waals surface area contributed by atoms with E-state index >= 15 is 0 Å². The third-order valence-electron chi connectivity index (χ3n) is 2.56. The van der Waals surface area contributed by atoms with Crippen LogP contribution in [0.4, 0.5) is 5.69 Å². The number of benzene rings is 1. The van der Waals surface area contributed by atoms with Gasteiger partial charge in [0.2, 0.25) is 5.91 Å². The molecule has 0 atom stereocenters. The Bertz CT molecular complexity index is 578. The van der Waals surface area contributed by atoms with Crippen LogP contribution in [-0.2, 0) is 4.79 Å². The molecule has 2 N–H and O–H groups in total. The van der Waals surface area contributed by atoms with E-state index in [9.17, 15) is 4.79 Å². The monoisotopic (exact) mass is 339 g/mol. The van der Waals surface area contributed by atoms with E-state index in [1.807, 2.05) is 38.1 Å². The largest absolute Gasteiger partial charge is 0.322 e. The van der Waals surface area contributed by atoms with Gasteiger partial charge in [0.25, 0.3) is 0 Å². The first-order valence-corrected chi connectivity index (χ1v) is 7.54. The number of carbonyl (C=O) groups excluding carboxylic acids is 1. The van der Waals surface area contributed by atoms with Crippen LogP contribution in [0.2, 0.25) is 0 Å². The lowest BCUT2D eigenvalue weighted by Gasteiger charge is -2.05. The number of thioether (sulfide) groups is 1. The summed E-state index contributed by atoms with van der Waals surface area (Å²) >= 11 is 4.91. The average Bonchev–Trinajstić information content (AvgIpc) is 2.68. The SMILES string of the molecule is Cc1n[nH]c(C)c1NC(=O)CSc1cccc(Br)c1. The number of anilines is 1. The Morgan fingerprint density at radius 2 is 2.26 bits per heavy atom. The molecule has 0 aliphatic rings. The van der Waals surface area contributed by atoms with Crippen LogP contribution in [0.3, 0.4) is 0 Å². The number of aryl methyl sites for hydroxylation is 2. The summed E-state index contributed by atoms with van der Waals surface area (Å²) < 4.78 is 1.01. The smallest absolute Gasteiger partial charge is 0.234 e. The van der Waals surface area contributed by atoms with Crippen molar-refractivity contribution in [3.05, 3.63) is 40.1 Å².